The Morgan fingerprint density at radius 3 is 2.58 bits per heavy atom. The zero-order valence-corrected chi connectivity index (χ0v) is 12.5. The molecular formula is C14H23ClN4. The van der Waals surface area contributed by atoms with Gasteiger partial charge in [0.2, 0.25) is 0 Å². The number of piperazine rings is 1. The second-order valence-corrected chi connectivity index (χ2v) is 5.87. The standard InChI is InChI=1S/C14H23ClN4/c1-11(2)10-18-5-7-19(8-6-18)14-13(15)12(9-16)3-4-17-14/h3-4,11H,5-10,16H2,1-2H3. The van der Waals surface area contributed by atoms with Gasteiger partial charge in [-0.3, -0.25) is 4.90 Å². The summed E-state index contributed by atoms with van der Waals surface area (Å²) in [4.78, 5) is 9.18. The summed E-state index contributed by atoms with van der Waals surface area (Å²) in [6.45, 7) is 10.2. The van der Waals surface area contributed by atoms with Crippen LogP contribution in [0.25, 0.3) is 0 Å². The fourth-order valence-electron chi connectivity index (χ4n) is 2.51. The molecule has 4 nitrogen and oxygen atoms in total. The number of rotatable bonds is 4. The van der Waals surface area contributed by atoms with Gasteiger partial charge >= 0.3 is 0 Å². The maximum absolute atomic E-state index is 6.37. The van der Waals surface area contributed by atoms with Crippen LogP contribution in [-0.2, 0) is 6.54 Å². The van der Waals surface area contributed by atoms with Crippen molar-refractivity contribution < 1.29 is 0 Å². The van der Waals surface area contributed by atoms with Gasteiger partial charge in [-0.2, -0.15) is 0 Å². The minimum atomic E-state index is 0.460. The van der Waals surface area contributed by atoms with Gasteiger partial charge in [0, 0.05) is 45.5 Å². The van der Waals surface area contributed by atoms with Crippen molar-refractivity contribution in [2.75, 3.05) is 37.6 Å². The summed E-state index contributed by atoms with van der Waals surface area (Å²) in [6.07, 6.45) is 1.80. The quantitative estimate of drug-likeness (QED) is 0.917. The minimum Gasteiger partial charge on any atom is -0.353 e. The highest BCUT2D eigenvalue weighted by atomic mass is 35.5. The van der Waals surface area contributed by atoms with Crippen molar-refractivity contribution in [1.82, 2.24) is 9.88 Å². The molecule has 0 bridgehead atoms. The normalized spacial score (nSPS) is 17.2. The number of nitrogens with zero attached hydrogens (tertiary/aromatic N) is 3. The number of pyridine rings is 1. The zero-order chi connectivity index (χ0) is 13.8. The van der Waals surface area contributed by atoms with Crippen LogP contribution < -0.4 is 10.6 Å². The summed E-state index contributed by atoms with van der Waals surface area (Å²) in [5.74, 6) is 1.60. The molecule has 0 aliphatic carbocycles. The summed E-state index contributed by atoms with van der Waals surface area (Å²) in [5.41, 5.74) is 6.66. The van der Waals surface area contributed by atoms with Crippen molar-refractivity contribution >= 4 is 17.4 Å². The first-order valence-corrected chi connectivity index (χ1v) is 7.30. The average molecular weight is 283 g/mol. The van der Waals surface area contributed by atoms with Crippen molar-refractivity contribution in [2.45, 2.75) is 20.4 Å². The minimum absolute atomic E-state index is 0.460. The lowest BCUT2D eigenvalue weighted by molar-refractivity contribution is 0.231. The van der Waals surface area contributed by atoms with E-state index in [2.05, 4.69) is 28.6 Å². The van der Waals surface area contributed by atoms with E-state index in [0.717, 1.165) is 44.1 Å². The Labute approximate surface area is 120 Å². The Hall–Kier alpha value is -0.840. The average Bonchev–Trinajstić information content (AvgIpc) is 2.39. The first kappa shape index (κ1) is 14.6. The van der Waals surface area contributed by atoms with Crippen LogP contribution in [0, 0.1) is 5.92 Å². The molecule has 0 aromatic carbocycles. The first-order valence-electron chi connectivity index (χ1n) is 6.92. The fraction of sp³-hybridized carbons (Fsp3) is 0.643. The molecule has 0 radical (unpaired) electrons. The lowest BCUT2D eigenvalue weighted by Crippen LogP contribution is -2.47. The smallest absolute Gasteiger partial charge is 0.147 e. The van der Waals surface area contributed by atoms with E-state index in [-0.39, 0.29) is 0 Å². The lowest BCUT2D eigenvalue weighted by Gasteiger charge is -2.36. The predicted molar refractivity (Wildman–Crippen MR) is 80.6 cm³/mol. The van der Waals surface area contributed by atoms with Gasteiger partial charge < -0.3 is 10.6 Å². The molecule has 1 saturated heterocycles. The Morgan fingerprint density at radius 1 is 1.32 bits per heavy atom. The van der Waals surface area contributed by atoms with Crippen LogP contribution in [0.4, 0.5) is 5.82 Å². The third kappa shape index (κ3) is 3.59. The number of hydrogen-bond acceptors (Lipinski definition) is 4. The number of anilines is 1. The molecule has 0 atom stereocenters. The monoisotopic (exact) mass is 282 g/mol. The zero-order valence-electron chi connectivity index (χ0n) is 11.8. The van der Waals surface area contributed by atoms with Crippen LogP contribution in [0.3, 0.4) is 0 Å². The highest BCUT2D eigenvalue weighted by Crippen LogP contribution is 2.27. The van der Waals surface area contributed by atoms with Gasteiger partial charge in [0.05, 0.1) is 5.02 Å². The molecule has 1 aromatic rings. The Balaban J connectivity index is 2.01. The van der Waals surface area contributed by atoms with Crippen LogP contribution in [0.2, 0.25) is 5.02 Å². The third-order valence-corrected chi connectivity index (χ3v) is 3.88. The molecule has 1 aliphatic heterocycles. The van der Waals surface area contributed by atoms with Crippen molar-refractivity contribution in [2.24, 2.45) is 11.7 Å². The van der Waals surface area contributed by atoms with Crippen LogP contribution in [0.15, 0.2) is 12.3 Å². The molecular weight excluding hydrogens is 260 g/mol. The molecule has 0 unspecified atom stereocenters. The van der Waals surface area contributed by atoms with Gasteiger partial charge in [0.15, 0.2) is 0 Å². The summed E-state index contributed by atoms with van der Waals surface area (Å²) in [5, 5.41) is 0.710. The summed E-state index contributed by atoms with van der Waals surface area (Å²) in [6, 6.07) is 1.89. The van der Waals surface area contributed by atoms with E-state index in [1.165, 1.54) is 0 Å². The molecule has 0 amide bonds. The van der Waals surface area contributed by atoms with E-state index < -0.39 is 0 Å². The first-order chi connectivity index (χ1) is 9.11. The summed E-state index contributed by atoms with van der Waals surface area (Å²) >= 11 is 6.37. The molecule has 2 N–H and O–H groups in total. The van der Waals surface area contributed by atoms with Crippen molar-refractivity contribution in [1.29, 1.82) is 0 Å². The highest BCUT2D eigenvalue weighted by Gasteiger charge is 2.21. The van der Waals surface area contributed by atoms with Crippen LogP contribution in [-0.4, -0.2) is 42.6 Å². The van der Waals surface area contributed by atoms with Gasteiger partial charge in [0.1, 0.15) is 5.82 Å². The Bertz CT molecular complexity index is 414. The Morgan fingerprint density at radius 2 is 2.00 bits per heavy atom. The molecule has 1 fully saturated rings. The maximum Gasteiger partial charge on any atom is 0.147 e. The topological polar surface area (TPSA) is 45.4 Å². The van der Waals surface area contributed by atoms with Crippen molar-refractivity contribution in [3.63, 3.8) is 0 Å². The number of aromatic nitrogens is 1. The molecule has 1 aliphatic rings. The molecule has 2 heterocycles. The fourth-order valence-corrected chi connectivity index (χ4v) is 2.82. The van der Waals surface area contributed by atoms with E-state index in [1.807, 2.05) is 6.07 Å². The molecule has 0 spiro atoms. The van der Waals surface area contributed by atoms with E-state index in [1.54, 1.807) is 6.20 Å². The lowest BCUT2D eigenvalue weighted by atomic mass is 10.2. The second-order valence-electron chi connectivity index (χ2n) is 5.49. The van der Waals surface area contributed by atoms with Crippen LogP contribution in [0.1, 0.15) is 19.4 Å². The summed E-state index contributed by atoms with van der Waals surface area (Å²) in [7, 11) is 0. The Kier molecular flexibility index (Phi) is 5.02. The number of halogens is 1. The van der Waals surface area contributed by atoms with E-state index in [4.69, 9.17) is 17.3 Å². The van der Waals surface area contributed by atoms with Gasteiger partial charge in [-0.05, 0) is 17.5 Å². The van der Waals surface area contributed by atoms with E-state index >= 15 is 0 Å². The molecule has 1 aromatic heterocycles. The van der Waals surface area contributed by atoms with Crippen molar-refractivity contribution in [3.8, 4) is 0 Å². The van der Waals surface area contributed by atoms with E-state index in [0.29, 0.717) is 17.5 Å². The number of hydrogen-bond donors (Lipinski definition) is 1. The van der Waals surface area contributed by atoms with Crippen LogP contribution in [0.5, 0.6) is 0 Å². The van der Waals surface area contributed by atoms with Crippen LogP contribution >= 0.6 is 11.6 Å². The van der Waals surface area contributed by atoms with Gasteiger partial charge in [-0.15, -0.1) is 0 Å². The van der Waals surface area contributed by atoms with Gasteiger partial charge in [0.25, 0.3) is 0 Å². The number of nitrogens with two attached hydrogens (primary N) is 1. The maximum atomic E-state index is 6.37. The van der Waals surface area contributed by atoms with Gasteiger partial charge in [-0.25, -0.2) is 4.98 Å². The molecule has 5 heteroatoms. The SMILES string of the molecule is CC(C)CN1CCN(c2nccc(CN)c2Cl)CC1. The molecule has 2 rings (SSSR count). The second kappa shape index (κ2) is 6.55. The largest absolute Gasteiger partial charge is 0.353 e. The third-order valence-electron chi connectivity index (χ3n) is 3.47. The van der Waals surface area contributed by atoms with Gasteiger partial charge in [-0.1, -0.05) is 25.4 Å². The molecule has 0 saturated carbocycles. The highest BCUT2D eigenvalue weighted by molar-refractivity contribution is 6.33. The van der Waals surface area contributed by atoms with E-state index in [9.17, 15) is 0 Å². The predicted octanol–water partition coefficient (Wildman–Crippen LogP) is 1.97. The molecule has 19 heavy (non-hydrogen) atoms. The molecule has 106 valence electrons. The van der Waals surface area contributed by atoms with Crippen molar-refractivity contribution in [3.05, 3.63) is 22.8 Å². The summed E-state index contributed by atoms with van der Waals surface area (Å²) < 4.78 is 0.